The zero-order valence-electron chi connectivity index (χ0n) is 17.4. The number of thioether (sulfide) groups is 1. The Bertz CT molecular complexity index is 1590. The molecule has 0 N–H and O–H groups in total. The third-order valence-corrected chi connectivity index (χ3v) is 7.18. The van der Waals surface area contributed by atoms with Crippen molar-refractivity contribution in [3.05, 3.63) is 97.1 Å². The summed E-state index contributed by atoms with van der Waals surface area (Å²) in [5.74, 6) is 1.14. The Kier molecular flexibility index (Phi) is 5.92. The summed E-state index contributed by atoms with van der Waals surface area (Å²) in [6.07, 6.45) is 1.54. The van der Waals surface area contributed by atoms with Gasteiger partial charge in [0.15, 0.2) is 5.16 Å². The van der Waals surface area contributed by atoms with E-state index in [0.717, 1.165) is 11.3 Å². The second kappa shape index (κ2) is 9.01. The number of hydrogen-bond donors (Lipinski definition) is 0. The maximum absolute atomic E-state index is 13.2. The second-order valence-electron chi connectivity index (χ2n) is 7.22. The number of rotatable bonds is 6. The predicted octanol–water partition coefficient (Wildman–Crippen LogP) is 4.47. The van der Waals surface area contributed by atoms with Crippen molar-refractivity contribution >= 4 is 50.6 Å². The number of halogens is 1. The molecule has 1 aromatic carbocycles. The van der Waals surface area contributed by atoms with Crippen LogP contribution in [0.4, 0.5) is 0 Å². The highest BCUT2D eigenvalue weighted by atomic mass is 35.5. The smallest absolute Gasteiger partial charge is 0.272 e. The molecule has 166 valence electrons. The van der Waals surface area contributed by atoms with Gasteiger partial charge in [-0.25, -0.2) is 9.97 Å². The van der Waals surface area contributed by atoms with Crippen LogP contribution in [-0.2, 0) is 12.3 Å². The minimum atomic E-state index is -0.213. The van der Waals surface area contributed by atoms with E-state index in [1.807, 2.05) is 35.7 Å². The number of benzene rings is 1. The Morgan fingerprint density at radius 3 is 2.70 bits per heavy atom. The third kappa shape index (κ3) is 4.39. The van der Waals surface area contributed by atoms with Gasteiger partial charge < -0.3 is 4.74 Å². The first-order chi connectivity index (χ1) is 16.0. The van der Waals surface area contributed by atoms with Gasteiger partial charge in [-0.2, -0.15) is 0 Å². The normalized spacial score (nSPS) is 11.3. The molecule has 10 heteroatoms. The lowest BCUT2D eigenvalue weighted by atomic mass is 10.2. The highest BCUT2D eigenvalue weighted by Gasteiger charge is 2.14. The molecule has 0 fully saturated rings. The lowest BCUT2D eigenvalue weighted by Gasteiger charge is -2.12. The average Bonchev–Trinajstić information content (AvgIpc) is 3.29. The molecule has 0 bridgehead atoms. The number of pyridine rings is 1. The number of methoxy groups -OCH3 is 1. The maximum atomic E-state index is 13.2. The van der Waals surface area contributed by atoms with E-state index >= 15 is 0 Å². The molecular weight excluding hydrogens is 480 g/mol. The molecule has 0 amide bonds. The summed E-state index contributed by atoms with van der Waals surface area (Å²) in [6.45, 7) is 0.373. The molecule has 0 aliphatic heterocycles. The van der Waals surface area contributed by atoms with Gasteiger partial charge in [0, 0.05) is 18.0 Å². The van der Waals surface area contributed by atoms with Gasteiger partial charge in [0.2, 0.25) is 0 Å². The molecule has 0 spiro atoms. The van der Waals surface area contributed by atoms with Crippen molar-refractivity contribution in [2.45, 2.75) is 17.5 Å². The predicted molar refractivity (Wildman–Crippen MR) is 132 cm³/mol. The molecule has 7 nitrogen and oxygen atoms in total. The molecule has 0 saturated heterocycles. The number of fused-ring (bicyclic) bond motifs is 2. The third-order valence-electron chi connectivity index (χ3n) is 5.06. The van der Waals surface area contributed by atoms with Crippen LogP contribution in [0, 0.1) is 0 Å². The van der Waals surface area contributed by atoms with Gasteiger partial charge >= 0.3 is 0 Å². The van der Waals surface area contributed by atoms with Crippen LogP contribution in [0.15, 0.2) is 74.9 Å². The standard InChI is InChI=1S/C23H17ClN4O3S2/c1-31-17-5-2-14(3-6-17)11-28-22(30)21-18(8-9-32-21)26-23(28)33-13-16-10-20(29)27-12-15(24)4-7-19(27)25-16/h2-10,12H,11,13H2,1H3. The first kappa shape index (κ1) is 21.7. The molecule has 4 aromatic heterocycles. The highest BCUT2D eigenvalue weighted by molar-refractivity contribution is 7.98. The van der Waals surface area contributed by atoms with Crippen LogP contribution in [0.2, 0.25) is 5.02 Å². The number of nitrogens with zero attached hydrogens (tertiary/aromatic N) is 4. The Labute approximate surface area is 201 Å². The van der Waals surface area contributed by atoms with E-state index in [1.165, 1.54) is 33.6 Å². The summed E-state index contributed by atoms with van der Waals surface area (Å²) in [6, 6.07) is 14.3. The largest absolute Gasteiger partial charge is 0.497 e. The van der Waals surface area contributed by atoms with Crippen LogP contribution >= 0.6 is 34.7 Å². The molecule has 0 saturated carbocycles. The van der Waals surface area contributed by atoms with E-state index in [9.17, 15) is 9.59 Å². The van der Waals surface area contributed by atoms with E-state index in [0.29, 0.717) is 44.0 Å². The van der Waals surface area contributed by atoms with Gasteiger partial charge in [-0.1, -0.05) is 35.5 Å². The van der Waals surface area contributed by atoms with Crippen molar-refractivity contribution in [2.75, 3.05) is 7.11 Å². The van der Waals surface area contributed by atoms with Crippen molar-refractivity contribution in [1.82, 2.24) is 18.9 Å². The minimum absolute atomic E-state index is 0.0884. The molecule has 4 heterocycles. The van der Waals surface area contributed by atoms with Crippen LogP contribution in [-0.4, -0.2) is 26.0 Å². The van der Waals surface area contributed by atoms with Crippen molar-refractivity contribution in [2.24, 2.45) is 0 Å². The molecule has 33 heavy (non-hydrogen) atoms. The van der Waals surface area contributed by atoms with E-state index in [-0.39, 0.29) is 11.1 Å². The Balaban J connectivity index is 1.50. The van der Waals surface area contributed by atoms with Gasteiger partial charge in [0.25, 0.3) is 11.1 Å². The van der Waals surface area contributed by atoms with Crippen molar-refractivity contribution in [1.29, 1.82) is 0 Å². The molecule has 0 unspecified atom stereocenters. The Hall–Kier alpha value is -3.14. The van der Waals surface area contributed by atoms with Gasteiger partial charge in [0.05, 0.1) is 29.9 Å². The van der Waals surface area contributed by atoms with Gasteiger partial charge in [0.1, 0.15) is 16.1 Å². The van der Waals surface area contributed by atoms with Gasteiger partial charge in [-0.3, -0.25) is 18.6 Å². The fourth-order valence-corrected chi connectivity index (χ4v) is 5.26. The van der Waals surface area contributed by atoms with Gasteiger partial charge in [-0.15, -0.1) is 11.3 Å². The summed E-state index contributed by atoms with van der Waals surface area (Å²) in [5.41, 5.74) is 2.43. The molecule has 0 radical (unpaired) electrons. The van der Waals surface area contributed by atoms with Crippen molar-refractivity contribution in [3.63, 3.8) is 0 Å². The zero-order chi connectivity index (χ0) is 22.9. The minimum Gasteiger partial charge on any atom is -0.497 e. The van der Waals surface area contributed by atoms with E-state index in [4.69, 9.17) is 21.3 Å². The van der Waals surface area contributed by atoms with Crippen LogP contribution in [0.1, 0.15) is 11.3 Å². The Morgan fingerprint density at radius 1 is 1.09 bits per heavy atom. The van der Waals surface area contributed by atoms with Crippen molar-refractivity contribution in [3.8, 4) is 5.75 Å². The van der Waals surface area contributed by atoms with E-state index in [2.05, 4.69) is 4.98 Å². The van der Waals surface area contributed by atoms with Crippen LogP contribution in [0.5, 0.6) is 5.75 Å². The molecule has 0 aliphatic rings. The van der Waals surface area contributed by atoms with E-state index in [1.54, 1.807) is 30.0 Å². The van der Waals surface area contributed by atoms with Crippen molar-refractivity contribution < 1.29 is 4.74 Å². The number of thiophene rings is 1. The molecular formula is C23H17ClN4O3S2. The number of hydrogen-bond acceptors (Lipinski definition) is 7. The summed E-state index contributed by atoms with van der Waals surface area (Å²) in [5, 5.41) is 2.89. The SMILES string of the molecule is COc1ccc(Cn2c(SCc3cc(=O)n4cc(Cl)ccc4n3)nc3ccsc3c2=O)cc1. The maximum Gasteiger partial charge on any atom is 0.272 e. The lowest BCUT2D eigenvalue weighted by molar-refractivity contribution is 0.414. The Morgan fingerprint density at radius 2 is 1.91 bits per heavy atom. The first-order valence-corrected chi connectivity index (χ1v) is 12.2. The number of ether oxygens (including phenoxy) is 1. The molecule has 5 aromatic rings. The summed E-state index contributed by atoms with van der Waals surface area (Å²) in [7, 11) is 1.62. The molecule has 0 aliphatic carbocycles. The van der Waals surface area contributed by atoms with Gasteiger partial charge in [-0.05, 0) is 41.3 Å². The fourth-order valence-electron chi connectivity index (χ4n) is 3.43. The molecule has 0 atom stereocenters. The van der Waals surface area contributed by atoms with Crippen LogP contribution < -0.4 is 15.9 Å². The molecule has 5 rings (SSSR count). The zero-order valence-corrected chi connectivity index (χ0v) is 19.8. The topological polar surface area (TPSA) is 78.5 Å². The lowest BCUT2D eigenvalue weighted by Crippen LogP contribution is -2.23. The quantitative estimate of drug-likeness (QED) is 0.255. The second-order valence-corrected chi connectivity index (χ2v) is 9.51. The fraction of sp³-hybridized carbons (Fsp3) is 0.130. The van der Waals surface area contributed by atoms with Crippen LogP contribution in [0.25, 0.3) is 15.9 Å². The highest BCUT2D eigenvalue weighted by Crippen LogP contribution is 2.24. The number of aromatic nitrogens is 4. The average molecular weight is 497 g/mol. The summed E-state index contributed by atoms with van der Waals surface area (Å²) in [4.78, 5) is 35.0. The van der Waals surface area contributed by atoms with Crippen LogP contribution in [0.3, 0.4) is 0 Å². The summed E-state index contributed by atoms with van der Waals surface area (Å²) >= 11 is 8.74. The monoisotopic (exact) mass is 496 g/mol. The summed E-state index contributed by atoms with van der Waals surface area (Å²) < 4.78 is 8.92. The first-order valence-electron chi connectivity index (χ1n) is 9.93. The van der Waals surface area contributed by atoms with E-state index < -0.39 is 0 Å².